The summed E-state index contributed by atoms with van der Waals surface area (Å²) in [5.74, 6) is -1.03. The first-order valence-electron chi connectivity index (χ1n) is 12.5. The lowest BCUT2D eigenvalue weighted by molar-refractivity contribution is -0.140. The molecule has 0 radical (unpaired) electrons. The number of benzene rings is 2. The van der Waals surface area contributed by atoms with Gasteiger partial charge in [0.2, 0.25) is 21.8 Å². The van der Waals surface area contributed by atoms with E-state index in [1.807, 2.05) is 26.0 Å². The van der Waals surface area contributed by atoms with Gasteiger partial charge in [0.15, 0.2) is 0 Å². The molecule has 0 saturated carbocycles. The molecule has 0 saturated heterocycles. The summed E-state index contributed by atoms with van der Waals surface area (Å²) in [6, 6.07) is 11.9. The second kappa shape index (κ2) is 12.5. The van der Waals surface area contributed by atoms with Crippen molar-refractivity contribution < 1.29 is 22.4 Å². The van der Waals surface area contributed by atoms with Gasteiger partial charge in [-0.1, -0.05) is 65.8 Å². The minimum absolute atomic E-state index is 0.0350. The van der Waals surface area contributed by atoms with Crippen LogP contribution in [0.15, 0.2) is 48.5 Å². The van der Waals surface area contributed by atoms with E-state index in [9.17, 15) is 22.4 Å². The molecule has 0 aliphatic carbocycles. The molecule has 1 N–H and O–H groups in total. The van der Waals surface area contributed by atoms with E-state index in [0.717, 1.165) is 16.1 Å². The molecule has 2 aromatic carbocycles. The Balaban J connectivity index is 2.42. The number of halogens is 1. The van der Waals surface area contributed by atoms with E-state index in [2.05, 4.69) is 26.1 Å². The van der Waals surface area contributed by atoms with Gasteiger partial charge in [-0.15, -0.1) is 0 Å². The molecular formula is C28H40FN3O4S. The van der Waals surface area contributed by atoms with E-state index >= 15 is 0 Å². The number of carbonyl (C=O) groups is 2. The number of nitrogens with one attached hydrogen (secondary N) is 1. The lowest BCUT2D eigenvalue weighted by Crippen LogP contribution is -2.52. The number of hydrogen-bond donors (Lipinski definition) is 1. The highest BCUT2D eigenvalue weighted by Gasteiger charge is 2.32. The van der Waals surface area contributed by atoms with Gasteiger partial charge in [-0.2, -0.15) is 0 Å². The second-order valence-electron chi connectivity index (χ2n) is 10.8. The Hall–Kier alpha value is -2.94. The average molecular weight is 534 g/mol. The van der Waals surface area contributed by atoms with Gasteiger partial charge in [0.25, 0.3) is 0 Å². The summed E-state index contributed by atoms with van der Waals surface area (Å²) in [5, 5.41) is 2.87. The van der Waals surface area contributed by atoms with E-state index in [1.165, 1.54) is 17.0 Å². The van der Waals surface area contributed by atoms with Gasteiger partial charge in [0.05, 0.1) is 11.9 Å². The van der Waals surface area contributed by atoms with Gasteiger partial charge in [0.1, 0.15) is 18.4 Å². The van der Waals surface area contributed by atoms with Gasteiger partial charge < -0.3 is 10.2 Å². The van der Waals surface area contributed by atoms with Crippen molar-refractivity contribution in [1.29, 1.82) is 0 Å². The molecule has 0 bridgehead atoms. The average Bonchev–Trinajstić information content (AvgIpc) is 2.81. The van der Waals surface area contributed by atoms with Crippen LogP contribution in [-0.4, -0.2) is 50.5 Å². The normalized spacial score (nSPS) is 12.8. The molecule has 0 spiro atoms. The predicted molar refractivity (Wildman–Crippen MR) is 146 cm³/mol. The minimum atomic E-state index is -3.81. The molecule has 2 amide bonds. The summed E-state index contributed by atoms with van der Waals surface area (Å²) in [4.78, 5) is 28.1. The highest BCUT2D eigenvalue weighted by molar-refractivity contribution is 7.92. The summed E-state index contributed by atoms with van der Waals surface area (Å²) in [7, 11) is -3.81. The van der Waals surface area contributed by atoms with Crippen molar-refractivity contribution in [2.45, 2.75) is 66.0 Å². The predicted octanol–water partition coefficient (Wildman–Crippen LogP) is 4.47. The molecular weight excluding hydrogens is 493 g/mol. The van der Waals surface area contributed by atoms with Crippen molar-refractivity contribution in [3.05, 3.63) is 65.5 Å². The lowest BCUT2D eigenvalue weighted by atomic mass is 9.87. The zero-order valence-electron chi connectivity index (χ0n) is 22.9. The first-order chi connectivity index (χ1) is 17.1. The van der Waals surface area contributed by atoms with E-state index in [4.69, 9.17) is 0 Å². The van der Waals surface area contributed by atoms with E-state index in [1.54, 1.807) is 31.2 Å². The van der Waals surface area contributed by atoms with E-state index < -0.39 is 34.3 Å². The van der Waals surface area contributed by atoms with Crippen molar-refractivity contribution >= 4 is 27.5 Å². The monoisotopic (exact) mass is 533 g/mol. The van der Waals surface area contributed by atoms with Crippen LogP contribution in [0.1, 0.15) is 59.1 Å². The number of rotatable bonds is 11. The van der Waals surface area contributed by atoms with Crippen LogP contribution in [0.2, 0.25) is 0 Å². The summed E-state index contributed by atoms with van der Waals surface area (Å²) in [6.07, 6.45) is 1.38. The number of nitrogens with zero attached hydrogens (tertiary/aromatic N) is 2. The highest BCUT2D eigenvalue weighted by Crippen LogP contribution is 2.26. The van der Waals surface area contributed by atoms with Crippen molar-refractivity contribution in [1.82, 2.24) is 10.2 Å². The molecule has 2 rings (SSSR count). The largest absolute Gasteiger partial charge is 0.354 e. The van der Waals surface area contributed by atoms with Crippen LogP contribution in [0.5, 0.6) is 0 Å². The summed E-state index contributed by atoms with van der Waals surface area (Å²) in [5.41, 5.74) is 1.91. The lowest BCUT2D eigenvalue weighted by Gasteiger charge is -2.33. The van der Waals surface area contributed by atoms with Crippen LogP contribution in [0, 0.1) is 11.7 Å². The number of anilines is 1. The topological polar surface area (TPSA) is 86.8 Å². The Kier molecular flexibility index (Phi) is 10.3. The van der Waals surface area contributed by atoms with Crippen LogP contribution in [0.4, 0.5) is 10.1 Å². The second-order valence-corrected chi connectivity index (χ2v) is 12.7. The molecule has 0 unspecified atom stereocenters. The quantitative estimate of drug-likeness (QED) is 0.462. The summed E-state index contributed by atoms with van der Waals surface area (Å²) >= 11 is 0. The molecule has 0 heterocycles. The van der Waals surface area contributed by atoms with Crippen molar-refractivity contribution in [2.24, 2.45) is 5.92 Å². The van der Waals surface area contributed by atoms with Gasteiger partial charge in [-0.3, -0.25) is 13.9 Å². The molecule has 37 heavy (non-hydrogen) atoms. The van der Waals surface area contributed by atoms with Crippen LogP contribution in [0.25, 0.3) is 0 Å². The smallest absolute Gasteiger partial charge is 0.244 e. The van der Waals surface area contributed by atoms with Gasteiger partial charge in [-0.05, 0) is 53.1 Å². The molecule has 2 aromatic rings. The van der Waals surface area contributed by atoms with E-state index in [0.29, 0.717) is 24.2 Å². The minimum Gasteiger partial charge on any atom is -0.354 e. The number of amides is 2. The molecule has 0 aromatic heterocycles. The summed E-state index contributed by atoms with van der Waals surface area (Å²) in [6.45, 7) is 11.9. The van der Waals surface area contributed by atoms with Gasteiger partial charge in [0, 0.05) is 13.1 Å². The molecule has 9 heteroatoms. The third-order valence-corrected chi connectivity index (χ3v) is 7.18. The first-order valence-corrected chi connectivity index (χ1v) is 14.4. The Bertz CT molecular complexity index is 1160. The van der Waals surface area contributed by atoms with E-state index in [-0.39, 0.29) is 23.8 Å². The van der Waals surface area contributed by atoms with Crippen molar-refractivity contribution in [2.75, 3.05) is 23.7 Å². The Morgan fingerprint density at radius 2 is 1.57 bits per heavy atom. The fraction of sp³-hybridized carbons (Fsp3) is 0.500. The van der Waals surface area contributed by atoms with Crippen LogP contribution in [-0.2, 0) is 31.6 Å². The van der Waals surface area contributed by atoms with Gasteiger partial charge >= 0.3 is 0 Å². The van der Waals surface area contributed by atoms with Crippen LogP contribution in [0.3, 0.4) is 0 Å². The Morgan fingerprint density at radius 3 is 2.03 bits per heavy atom. The number of carbonyl (C=O) groups excluding carboxylic acids is 2. The molecule has 0 aliphatic heterocycles. The Labute approximate surface area is 221 Å². The third-order valence-electron chi connectivity index (χ3n) is 6.04. The van der Waals surface area contributed by atoms with Crippen LogP contribution >= 0.6 is 0 Å². The fourth-order valence-electron chi connectivity index (χ4n) is 3.87. The maximum Gasteiger partial charge on any atom is 0.244 e. The first kappa shape index (κ1) is 30.3. The fourth-order valence-corrected chi connectivity index (χ4v) is 4.72. The molecule has 0 fully saturated rings. The molecule has 204 valence electrons. The van der Waals surface area contributed by atoms with Crippen molar-refractivity contribution in [3.63, 3.8) is 0 Å². The number of hydrogen-bond acceptors (Lipinski definition) is 4. The zero-order chi connectivity index (χ0) is 28.0. The standard InChI is InChI=1S/C28H40FN3O4S/c1-8-25(27(34)30-17-20(2)3)31(18-21-9-13-23(29)14-10-21)26(33)19-32(37(7,35)36)24-15-11-22(12-16-24)28(4,5)6/h9-16,20,25H,8,17-19H2,1-7H3,(H,30,34)/t25-/m0/s1. The highest BCUT2D eigenvalue weighted by atomic mass is 32.2. The molecule has 0 aliphatic rings. The zero-order valence-corrected chi connectivity index (χ0v) is 23.7. The third kappa shape index (κ3) is 8.84. The maximum absolute atomic E-state index is 13.7. The van der Waals surface area contributed by atoms with Crippen LogP contribution < -0.4 is 9.62 Å². The SMILES string of the molecule is CC[C@@H](C(=O)NCC(C)C)N(Cc1ccc(F)cc1)C(=O)CN(c1ccc(C(C)(C)C)cc1)S(C)(=O)=O. The Morgan fingerprint density at radius 1 is 1.00 bits per heavy atom. The maximum atomic E-state index is 13.7. The van der Waals surface area contributed by atoms with Gasteiger partial charge in [-0.25, -0.2) is 12.8 Å². The summed E-state index contributed by atoms with van der Waals surface area (Å²) < 4.78 is 40.0. The number of sulfonamides is 1. The van der Waals surface area contributed by atoms with Crippen molar-refractivity contribution in [3.8, 4) is 0 Å². The molecule has 7 nitrogen and oxygen atoms in total. The molecule has 1 atom stereocenters.